The van der Waals surface area contributed by atoms with Gasteiger partial charge in [0.2, 0.25) is 0 Å². The van der Waals surface area contributed by atoms with Crippen LogP contribution in [0.4, 0.5) is 0 Å². The van der Waals surface area contributed by atoms with E-state index in [1.807, 2.05) is 4.98 Å². The van der Waals surface area contributed by atoms with Gasteiger partial charge in [0.05, 0.1) is 6.61 Å². The summed E-state index contributed by atoms with van der Waals surface area (Å²) in [6.45, 7) is -2.25. The van der Waals surface area contributed by atoms with Crippen molar-refractivity contribution in [2.45, 2.75) is 24.0 Å². The summed E-state index contributed by atoms with van der Waals surface area (Å²) in [4.78, 5) is 61.3. The molecule has 0 saturated carbocycles. The Kier molecular flexibility index (Phi) is 7.81. The molecule has 16 nitrogen and oxygen atoms in total. The third-order valence-electron chi connectivity index (χ3n) is 3.77. The fourth-order valence-electron chi connectivity index (χ4n) is 2.52. The van der Waals surface area contributed by atoms with Crippen molar-refractivity contribution < 1.29 is 56.8 Å². The highest BCUT2D eigenvalue weighted by Crippen LogP contribution is 2.66. The largest absolute Gasteiger partial charge is 0.488 e. The highest BCUT2D eigenvalue weighted by molar-refractivity contribution is 8.08. The van der Waals surface area contributed by atoms with E-state index in [0.717, 1.165) is 22.9 Å². The number of nitrogens with zero attached hydrogens (tertiary/aromatic N) is 1. The molecule has 1 aliphatic heterocycles. The van der Waals surface area contributed by atoms with E-state index in [4.69, 9.17) is 19.0 Å². The summed E-state index contributed by atoms with van der Waals surface area (Å²) < 4.78 is 40.5. The minimum atomic E-state index is -5.56. The molecule has 1 fully saturated rings. The van der Waals surface area contributed by atoms with Crippen molar-refractivity contribution in [2.24, 2.45) is 0 Å². The number of aliphatic hydroxyl groups excluding tert-OH is 1. The van der Waals surface area contributed by atoms with Gasteiger partial charge >= 0.3 is 28.1 Å². The molecule has 3 unspecified atom stereocenters. The maximum Gasteiger partial charge on any atom is 0.488 e. The van der Waals surface area contributed by atoms with Crippen LogP contribution in [0.3, 0.4) is 0 Å². The average Bonchev–Trinajstić information content (AvgIpc) is 2.82. The van der Waals surface area contributed by atoms with Gasteiger partial charge in [0.15, 0.2) is 11.8 Å². The van der Waals surface area contributed by atoms with Crippen LogP contribution in [0.5, 0.6) is 0 Å². The predicted octanol–water partition coefficient (Wildman–Crippen LogP) is -1.83. The molecule has 2 rings (SSSR count). The highest BCUT2D eigenvalue weighted by Gasteiger charge is 2.55. The zero-order valence-corrected chi connectivity index (χ0v) is 18.5. The molecule has 0 amide bonds. The number of hydrogen-bond acceptors (Lipinski definition) is 11. The summed E-state index contributed by atoms with van der Waals surface area (Å²) in [6, 6.07) is 0.936. The normalized spacial score (nSPS) is 30.5. The Morgan fingerprint density at radius 1 is 1.29 bits per heavy atom. The van der Waals surface area contributed by atoms with Crippen LogP contribution < -0.4 is 11.2 Å². The first-order chi connectivity index (χ1) is 14.0. The third kappa shape index (κ3) is 6.57. The number of aliphatic hydroxyl groups is 2. The summed E-state index contributed by atoms with van der Waals surface area (Å²) >= 11 is 4.44. The zero-order valence-electron chi connectivity index (χ0n) is 15.0. The van der Waals surface area contributed by atoms with E-state index in [2.05, 4.69) is 27.0 Å². The van der Waals surface area contributed by atoms with Crippen LogP contribution in [0.2, 0.25) is 0 Å². The smallest absolute Gasteiger partial charge is 0.387 e. The maximum absolute atomic E-state index is 12.0. The van der Waals surface area contributed by atoms with Gasteiger partial charge in [0, 0.05) is 12.3 Å². The van der Waals surface area contributed by atoms with Gasteiger partial charge < -0.3 is 39.0 Å². The van der Waals surface area contributed by atoms with Crippen molar-refractivity contribution >= 4 is 34.2 Å². The van der Waals surface area contributed by atoms with Crippen molar-refractivity contribution in [3.8, 4) is 0 Å². The van der Waals surface area contributed by atoms with Gasteiger partial charge in [-0.2, -0.15) is 4.31 Å². The molecule has 20 heteroatoms. The first-order valence-corrected chi connectivity index (χ1v) is 13.4. The topological polar surface area (TPSA) is 247 Å². The van der Waals surface area contributed by atoms with Crippen LogP contribution in [0.25, 0.3) is 0 Å². The first-order valence-electron chi connectivity index (χ1n) is 7.79. The lowest BCUT2D eigenvalue weighted by Crippen LogP contribution is -2.47. The van der Waals surface area contributed by atoms with Crippen molar-refractivity contribution in [3.05, 3.63) is 45.8 Å². The van der Waals surface area contributed by atoms with Crippen molar-refractivity contribution in [1.82, 2.24) is 9.55 Å². The number of ether oxygens (including phenoxy) is 1. The molecule has 2 heterocycles. The minimum absolute atomic E-state index is 0.730. The van der Waals surface area contributed by atoms with E-state index in [1.54, 1.807) is 0 Å². The van der Waals surface area contributed by atoms with Crippen LogP contribution in [-0.2, 0) is 38.8 Å². The van der Waals surface area contributed by atoms with Crippen LogP contribution >= 0.6 is 22.4 Å². The lowest BCUT2D eigenvalue weighted by atomic mass is 9.94. The number of hydrogen-bond donors (Lipinski definition) is 7. The van der Waals surface area contributed by atoms with E-state index in [1.165, 1.54) is 0 Å². The average molecular weight is 526 g/mol. The maximum atomic E-state index is 12.0. The predicted molar refractivity (Wildman–Crippen MR) is 103 cm³/mol. The molecular formula is C11H17N2O14P3S. The molecule has 31 heavy (non-hydrogen) atoms. The van der Waals surface area contributed by atoms with Crippen molar-refractivity contribution in [2.75, 3.05) is 6.61 Å². The molecule has 1 saturated heterocycles. The van der Waals surface area contributed by atoms with Gasteiger partial charge in [0.25, 0.3) is 5.56 Å². The monoisotopic (exact) mass is 526 g/mol. The molecule has 1 aromatic heterocycles. The lowest BCUT2D eigenvalue weighted by Gasteiger charge is -2.28. The number of rotatable bonds is 9. The molecule has 7 N–H and O–H groups in total. The van der Waals surface area contributed by atoms with Crippen molar-refractivity contribution in [1.29, 1.82) is 0 Å². The molecule has 6 atom stereocenters. The van der Waals surface area contributed by atoms with Gasteiger partial charge in [-0.05, 0) is 11.8 Å². The van der Waals surface area contributed by atoms with Crippen LogP contribution in [0, 0.1) is 0 Å². The second-order valence-electron chi connectivity index (χ2n) is 5.97. The molecule has 1 aromatic rings. The number of H-pyrrole nitrogens is 1. The van der Waals surface area contributed by atoms with Crippen LogP contribution in [0.15, 0.2) is 34.5 Å². The molecule has 0 radical (unpaired) electrons. The van der Waals surface area contributed by atoms with Crippen LogP contribution in [-0.4, -0.2) is 63.8 Å². The Labute approximate surface area is 177 Å². The molecule has 1 aliphatic rings. The van der Waals surface area contributed by atoms with Crippen molar-refractivity contribution in [3.63, 3.8) is 0 Å². The molecule has 0 spiro atoms. The summed E-state index contributed by atoms with van der Waals surface area (Å²) in [7, 11) is -11.1. The number of aromatic amines is 1. The summed E-state index contributed by atoms with van der Waals surface area (Å²) in [5.41, 5.74) is -4.05. The Morgan fingerprint density at radius 3 is 2.42 bits per heavy atom. The number of aromatic nitrogens is 2. The number of phosphoric acid groups is 2. The summed E-state index contributed by atoms with van der Waals surface area (Å²) in [6.07, 6.45) is -3.20. The zero-order chi connectivity index (χ0) is 23.8. The van der Waals surface area contributed by atoms with E-state index in [-0.39, 0.29) is 0 Å². The molecule has 0 aromatic carbocycles. The molecule has 0 bridgehead atoms. The van der Waals surface area contributed by atoms with Crippen LogP contribution in [0.1, 0.15) is 6.23 Å². The lowest BCUT2D eigenvalue weighted by molar-refractivity contribution is -0.0807. The van der Waals surface area contributed by atoms with E-state index < -0.39 is 64.3 Å². The second-order valence-corrected chi connectivity index (χ2v) is 11.8. The minimum Gasteiger partial charge on any atom is -0.387 e. The third-order valence-corrected chi connectivity index (χ3v) is 8.49. The molecular weight excluding hydrogens is 509 g/mol. The quantitative estimate of drug-likeness (QED) is 0.138. The Morgan fingerprint density at radius 2 is 1.90 bits per heavy atom. The second kappa shape index (κ2) is 9.17. The summed E-state index contributed by atoms with van der Waals surface area (Å²) in [5.74, 6) is 0. The summed E-state index contributed by atoms with van der Waals surface area (Å²) in [5, 5.41) is 21.1. The number of nitrogens with one attached hydrogen (secondary N) is 1. The van der Waals surface area contributed by atoms with E-state index in [0.29, 0.717) is 0 Å². The highest BCUT2D eigenvalue weighted by atomic mass is 32.5. The molecule has 0 aliphatic carbocycles. The van der Waals surface area contributed by atoms with Gasteiger partial charge in [-0.1, -0.05) is 12.7 Å². The fraction of sp³-hybridized carbons (Fsp3) is 0.455. The van der Waals surface area contributed by atoms with Gasteiger partial charge in [-0.15, -0.1) is 0 Å². The fourth-order valence-corrected chi connectivity index (χ4v) is 6.49. The SMILES string of the molecule is C=CC1(O)[C@@H](O)[C@@H](COP(O)(=S)OP(=O)(O)OP(=O)(O)O)O[C@H]1n1ccc(=O)[nH]c1=O. The Balaban J connectivity index is 2.19. The van der Waals surface area contributed by atoms with E-state index in [9.17, 15) is 38.7 Å². The van der Waals surface area contributed by atoms with Gasteiger partial charge in [-0.3, -0.25) is 14.3 Å². The Bertz CT molecular complexity index is 1100. The standard InChI is InChI=1S/C11H17N2O14P3S/c1-2-11(17)8(15)6(25-9(11)13-4-3-7(14)12-10(13)16)5-24-30(23,31)27-29(21,22)26-28(18,19)20/h2-4,6,8-9,15,17H,1,5H2,(H,21,22)(H,23,31)(H,12,14,16)(H2,18,19,20)/t6-,8+,9-,11?,30?/m1/s1. The molecule has 176 valence electrons. The van der Waals surface area contributed by atoms with Gasteiger partial charge in [0.1, 0.15) is 12.2 Å². The van der Waals surface area contributed by atoms with E-state index >= 15 is 0 Å². The first kappa shape index (κ1) is 26.4. The Hall–Kier alpha value is -0.870. The van der Waals surface area contributed by atoms with Gasteiger partial charge in [-0.25, -0.2) is 18.2 Å².